The third-order valence-electron chi connectivity index (χ3n) is 5.32. The first-order valence-electron chi connectivity index (χ1n) is 9.53. The predicted molar refractivity (Wildman–Crippen MR) is 112 cm³/mol. The Morgan fingerprint density at radius 2 is 1.90 bits per heavy atom. The second-order valence-electron chi connectivity index (χ2n) is 7.03. The number of nitrogens with one attached hydrogen (secondary N) is 2. The number of benzene rings is 2. The number of nitro benzene ring substituents is 1. The Kier molecular flexibility index (Phi) is 6.06. The molecule has 1 heterocycles. The van der Waals surface area contributed by atoms with Gasteiger partial charge in [-0.3, -0.25) is 29.8 Å². The van der Waals surface area contributed by atoms with E-state index in [-0.39, 0.29) is 23.9 Å². The first-order valence-corrected chi connectivity index (χ1v) is 9.53. The summed E-state index contributed by atoms with van der Waals surface area (Å²) in [6.45, 7) is 1.90. The second kappa shape index (κ2) is 8.69. The maximum Gasteiger partial charge on any atom is 0.276 e. The van der Waals surface area contributed by atoms with Gasteiger partial charge in [-0.15, -0.1) is 0 Å². The van der Waals surface area contributed by atoms with Crippen molar-refractivity contribution in [2.45, 2.75) is 31.6 Å². The fourth-order valence-corrected chi connectivity index (χ4v) is 3.58. The van der Waals surface area contributed by atoms with Crippen LogP contribution in [0.25, 0.3) is 6.08 Å². The Hall–Kier alpha value is -3.81. The van der Waals surface area contributed by atoms with Crippen LogP contribution in [0.4, 0.5) is 11.4 Å². The zero-order valence-corrected chi connectivity index (χ0v) is 16.4. The van der Waals surface area contributed by atoms with Gasteiger partial charge in [0.1, 0.15) is 0 Å². The molecule has 2 N–H and O–H groups in total. The van der Waals surface area contributed by atoms with E-state index in [9.17, 15) is 24.5 Å². The Labute approximate surface area is 173 Å². The van der Waals surface area contributed by atoms with Crippen molar-refractivity contribution in [3.8, 4) is 0 Å². The number of anilines is 1. The van der Waals surface area contributed by atoms with Gasteiger partial charge >= 0.3 is 0 Å². The van der Waals surface area contributed by atoms with E-state index in [4.69, 9.17) is 0 Å². The molecule has 1 atom stereocenters. The van der Waals surface area contributed by atoms with Gasteiger partial charge in [0, 0.05) is 24.3 Å². The van der Waals surface area contributed by atoms with Crippen molar-refractivity contribution in [3.05, 3.63) is 75.8 Å². The maximum atomic E-state index is 12.5. The largest absolute Gasteiger partial charge is 0.323 e. The van der Waals surface area contributed by atoms with Crippen molar-refractivity contribution in [1.29, 1.82) is 0 Å². The number of piperidine rings is 1. The van der Waals surface area contributed by atoms with E-state index in [0.29, 0.717) is 24.1 Å². The van der Waals surface area contributed by atoms with Crippen LogP contribution in [0.5, 0.6) is 0 Å². The summed E-state index contributed by atoms with van der Waals surface area (Å²) in [5.41, 5.74) is 0.788. The highest BCUT2D eigenvalue weighted by molar-refractivity contribution is 6.04. The standard InChI is InChI=1S/C22H21N3O5/c1-2-22(14-13-20(27)24-21(22)28)16-8-10-17(11-9-16)23-19(26)12-7-15-5-3-4-6-18(15)25(29)30/h3-12H,2,13-14H2,1H3,(H,23,26)(H,24,27,28)/b12-7+. The molecule has 154 valence electrons. The number of imide groups is 1. The fraction of sp³-hybridized carbons (Fsp3) is 0.227. The molecule has 1 unspecified atom stereocenters. The molecule has 0 aliphatic carbocycles. The molecule has 1 aliphatic heterocycles. The first-order chi connectivity index (χ1) is 14.4. The van der Waals surface area contributed by atoms with Gasteiger partial charge in [0.25, 0.3) is 5.69 Å². The topological polar surface area (TPSA) is 118 Å². The van der Waals surface area contributed by atoms with Crippen molar-refractivity contribution >= 4 is 35.2 Å². The summed E-state index contributed by atoms with van der Waals surface area (Å²) >= 11 is 0. The lowest BCUT2D eigenvalue weighted by Crippen LogP contribution is -2.51. The minimum Gasteiger partial charge on any atom is -0.323 e. The van der Waals surface area contributed by atoms with E-state index in [1.54, 1.807) is 42.5 Å². The summed E-state index contributed by atoms with van der Waals surface area (Å²) in [6, 6.07) is 13.0. The third-order valence-corrected chi connectivity index (χ3v) is 5.32. The van der Waals surface area contributed by atoms with Crippen LogP contribution in [0.1, 0.15) is 37.3 Å². The normalized spacial score (nSPS) is 18.8. The Morgan fingerprint density at radius 1 is 1.20 bits per heavy atom. The van der Waals surface area contributed by atoms with Gasteiger partial charge in [-0.05, 0) is 42.7 Å². The van der Waals surface area contributed by atoms with E-state index >= 15 is 0 Å². The van der Waals surface area contributed by atoms with E-state index in [1.807, 2.05) is 6.92 Å². The van der Waals surface area contributed by atoms with Crippen LogP contribution >= 0.6 is 0 Å². The molecule has 0 bridgehead atoms. The summed E-state index contributed by atoms with van der Waals surface area (Å²) < 4.78 is 0. The molecule has 8 nitrogen and oxygen atoms in total. The second-order valence-corrected chi connectivity index (χ2v) is 7.03. The minimum atomic E-state index is -0.761. The zero-order valence-electron chi connectivity index (χ0n) is 16.4. The number of carbonyl (C=O) groups excluding carboxylic acids is 3. The van der Waals surface area contributed by atoms with E-state index < -0.39 is 16.2 Å². The Balaban J connectivity index is 1.71. The van der Waals surface area contributed by atoms with Crippen molar-refractivity contribution in [2.24, 2.45) is 0 Å². The highest BCUT2D eigenvalue weighted by atomic mass is 16.6. The van der Waals surface area contributed by atoms with Gasteiger partial charge in [0.05, 0.1) is 15.9 Å². The van der Waals surface area contributed by atoms with Crippen molar-refractivity contribution in [2.75, 3.05) is 5.32 Å². The molecule has 1 saturated heterocycles. The molecule has 0 saturated carbocycles. The molecule has 0 radical (unpaired) electrons. The van der Waals surface area contributed by atoms with E-state index in [1.165, 1.54) is 18.2 Å². The zero-order chi connectivity index (χ0) is 21.7. The fourth-order valence-electron chi connectivity index (χ4n) is 3.58. The van der Waals surface area contributed by atoms with Crippen LogP contribution in [0.15, 0.2) is 54.6 Å². The highest BCUT2D eigenvalue weighted by Gasteiger charge is 2.42. The minimum absolute atomic E-state index is 0.0833. The molecular formula is C22H21N3O5. The summed E-state index contributed by atoms with van der Waals surface area (Å²) in [5, 5.41) is 16.1. The summed E-state index contributed by atoms with van der Waals surface area (Å²) in [5.74, 6) is -1.00. The van der Waals surface area contributed by atoms with Crippen LogP contribution < -0.4 is 10.6 Å². The highest BCUT2D eigenvalue weighted by Crippen LogP contribution is 2.36. The first kappa shape index (κ1) is 20.9. The lowest BCUT2D eigenvalue weighted by molar-refractivity contribution is -0.385. The van der Waals surface area contributed by atoms with Crippen molar-refractivity contribution in [3.63, 3.8) is 0 Å². The molecule has 30 heavy (non-hydrogen) atoms. The molecule has 3 rings (SSSR count). The molecule has 0 spiro atoms. The average Bonchev–Trinajstić information content (AvgIpc) is 2.73. The molecule has 1 aliphatic rings. The maximum absolute atomic E-state index is 12.5. The van der Waals surface area contributed by atoms with Gasteiger partial charge in [0.15, 0.2) is 0 Å². The number of hydrogen-bond acceptors (Lipinski definition) is 5. The lowest BCUT2D eigenvalue weighted by atomic mass is 9.72. The third kappa shape index (κ3) is 4.27. The number of para-hydroxylation sites is 1. The van der Waals surface area contributed by atoms with Gasteiger partial charge in [-0.2, -0.15) is 0 Å². The lowest BCUT2D eigenvalue weighted by Gasteiger charge is -2.35. The molecule has 2 aromatic carbocycles. The van der Waals surface area contributed by atoms with Crippen LogP contribution in [0.2, 0.25) is 0 Å². The summed E-state index contributed by atoms with van der Waals surface area (Å²) in [7, 11) is 0. The van der Waals surface area contributed by atoms with Crippen LogP contribution in [0, 0.1) is 10.1 Å². The molecule has 3 amide bonds. The van der Waals surface area contributed by atoms with Gasteiger partial charge < -0.3 is 5.32 Å². The van der Waals surface area contributed by atoms with Gasteiger partial charge in [0.2, 0.25) is 17.7 Å². The van der Waals surface area contributed by atoms with Crippen LogP contribution in [0.3, 0.4) is 0 Å². The number of hydrogen-bond donors (Lipinski definition) is 2. The number of carbonyl (C=O) groups is 3. The monoisotopic (exact) mass is 407 g/mol. The quantitative estimate of drug-likeness (QED) is 0.330. The van der Waals surface area contributed by atoms with Crippen molar-refractivity contribution in [1.82, 2.24) is 5.32 Å². The van der Waals surface area contributed by atoms with E-state index in [2.05, 4.69) is 10.6 Å². The van der Waals surface area contributed by atoms with Gasteiger partial charge in [-0.1, -0.05) is 31.2 Å². The Bertz CT molecular complexity index is 1030. The number of nitrogens with zero attached hydrogens (tertiary/aromatic N) is 1. The van der Waals surface area contributed by atoms with Gasteiger partial charge in [-0.25, -0.2) is 0 Å². The van der Waals surface area contributed by atoms with Crippen LogP contribution in [-0.2, 0) is 19.8 Å². The summed E-state index contributed by atoms with van der Waals surface area (Å²) in [6.07, 6.45) is 3.89. The molecule has 1 fully saturated rings. The number of amides is 3. The SMILES string of the molecule is CCC1(c2ccc(NC(=O)/C=C/c3ccccc3[N+](=O)[O-])cc2)CCC(=O)NC1=O. The molecular weight excluding hydrogens is 386 g/mol. The number of nitro groups is 1. The van der Waals surface area contributed by atoms with E-state index in [0.717, 1.165) is 5.56 Å². The number of rotatable bonds is 6. The average molecular weight is 407 g/mol. The Morgan fingerprint density at radius 3 is 2.53 bits per heavy atom. The van der Waals surface area contributed by atoms with Crippen LogP contribution in [-0.4, -0.2) is 22.6 Å². The smallest absolute Gasteiger partial charge is 0.276 e. The molecule has 8 heteroatoms. The molecule has 0 aromatic heterocycles. The summed E-state index contributed by atoms with van der Waals surface area (Å²) in [4.78, 5) is 46.7. The molecule has 2 aromatic rings. The van der Waals surface area contributed by atoms with Crippen molar-refractivity contribution < 1.29 is 19.3 Å². The predicted octanol–water partition coefficient (Wildman–Crippen LogP) is 3.33.